The summed E-state index contributed by atoms with van der Waals surface area (Å²) in [4.78, 5) is 4.22. The number of hydrogen-bond donors (Lipinski definition) is 2. The van der Waals surface area contributed by atoms with Gasteiger partial charge in [-0.2, -0.15) is 5.26 Å². The van der Waals surface area contributed by atoms with Crippen LogP contribution in [0.2, 0.25) is 5.02 Å². The quantitative estimate of drug-likeness (QED) is 0.655. The first-order chi connectivity index (χ1) is 9.01. The number of allylic oxidation sites excluding steroid dienone is 1. The van der Waals surface area contributed by atoms with Crippen LogP contribution >= 0.6 is 22.9 Å². The molecule has 0 aliphatic carbocycles. The monoisotopic (exact) mass is 292 g/mol. The molecule has 19 heavy (non-hydrogen) atoms. The standard InChI is InChI=1S/C13H9ClN2O2S/c1-7-6-19-13(16-7)9(5-15)2-8-3-10(14)12(18)11(17)4-8/h2-4,6,17-18H,1H3/b9-2+. The van der Waals surface area contributed by atoms with Gasteiger partial charge in [0.05, 0.1) is 10.6 Å². The van der Waals surface area contributed by atoms with E-state index >= 15 is 0 Å². The number of phenols is 2. The van der Waals surface area contributed by atoms with Crippen molar-refractivity contribution in [3.63, 3.8) is 0 Å². The predicted molar refractivity (Wildman–Crippen MR) is 75.1 cm³/mol. The van der Waals surface area contributed by atoms with E-state index < -0.39 is 0 Å². The molecule has 0 bridgehead atoms. The maximum Gasteiger partial charge on any atom is 0.176 e. The molecule has 6 heteroatoms. The van der Waals surface area contributed by atoms with Gasteiger partial charge >= 0.3 is 0 Å². The molecule has 2 aromatic rings. The number of phenolic OH excluding ortho intramolecular Hbond substituents is 2. The van der Waals surface area contributed by atoms with E-state index in [0.29, 0.717) is 16.1 Å². The second kappa shape index (κ2) is 5.31. The largest absolute Gasteiger partial charge is 0.504 e. The molecule has 0 spiro atoms. The second-order valence-electron chi connectivity index (χ2n) is 3.83. The van der Waals surface area contributed by atoms with Crippen LogP contribution in [0.25, 0.3) is 11.6 Å². The first kappa shape index (κ1) is 13.4. The van der Waals surface area contributed by atoms with Crippen LogP contribution in [0.1, 0.15) is 16.3 Å². The molecule has 0 aliphatic rings. The molecule has 1 aromatic carbocycles. The normalized spacial score (nSPS) is 11.3. The van der Waals surface area contributed by atoms with Crippen molar-refractivity contribution in [2.45, 2.75) is 6.92 Å². The Bertz CT molecular complexity index is 678. The van der Waals surface area contributed by atoms with E-state index in [1.165, 1.54) is 23.5 Å². The predicted octanol–water partition coefficient (Wildman–Crippen LogP) is 3.58. The van der Waals surface area contributed by atoms with Crippen LogP contribution in [-0.4, -0.2) is 15.2 Å². The highest BCUT2D eigenvalue weighted by atomic mass is 35.5. The van der Waals surface area contributed by atoms with E-state index in [0.717, 1.165) is 5.69 Å². The molecule has 2 rings (SSSR count). The molecule has 0 radical (unpaired) electrons. The fourth-order valence-corrected chi connectivity index (χ4v) is 2.46. The number of aromatic nitrogens is 1. The van der Waals surface area contributed by atoms with E-state index in [1.54, 1.807) is 6.08 Å². The first-order valence-electron chi connectivity index (χ1n) is 5.27. The molecular weight excluding hydrogens is 284 g/mol. The molecule has 1 aromatic heterocycles. The molecule has 0 saturated heterocycles. The van der Waals surface area contributed by atoms with E-state index in [-0.39, 0.29) is 16.5 Å². The van der Waals surface area contributed by atoms with Gasteiger partial charge < -0.3 is 10.2 Å². The van der Waals surface area contributed by atoms with Gasteiger partial charge in [-0.3, -0.25) is 0 Å². The van der Waals surface area contributed by atoms with E-state index in [9.17, 15) is 10.2 Å². The summed E-state index contributed by atoms with van der Waals surface area (Å²) in [7, 11) is 0. The highest BCUT2D eigenvalue weighted by molar-refractivity contribution is 7.11. The summed E-state index contributed by atoms with van der Waals surface area (Å²) in [6.07, 6.45) is 1.56. The van der Waals surface area contributed by atoms with Crippen LogP contribution in [0.5, 0.6) is 11.5 Å². The third kappa shape index (κ3) is 2.87. The Morgan fingerprint density at radius 3 is 2.74 bits per heavy atom. The van der Waals surface area contributed by atoms with Gasteiger partial charge in [0.15, 0.2) is 11.5 Å². The van der Waals surface area contributed by atoms with Gasteiger partial charge in [0, 0.05) is 11.1 Å². The lowest BCUT2D eigenvalue weighted by Gasteiger charge is -2.02. The van der Waals surface area contributed by atoms with Crippen molar-refractivity contribution >= 4 is 34.6 Å². The maximum atomic E-state index is 9.48. The molecule has 0 saturated carbocycles. The van der Waals surface area contributed by atoms with Crippen LogP contribution in [0.15, 0.2) is 17.5 Å². The Labute approximate surface area is 118 Å². The minimum atomic E-state index is -0.373. The molecule has 96 valence electrons. The van der Waals surface area contributed by atoms with Crippen LogP contribution in [0, 0.1) is 18.3 Å². The van der Waals surface area contributed by atoms with Gasteiger partial charge in [-0.1, -0.05) is 11.6 Å². The zero-order valence-electron chi connectivity index (χ0n) is 9.88. The lowest BCUT2D eigenvalue weighted by atomic mass is 10.1. The van der Waals surface area contributed by atoms with Gasteiger partial charge in [0.1, 0.15) is 11.1 Å². The molecule has 4 nitrogen and oxygen atoms in total. The number of aromatic hydroxyl groups is 2. The number of rotatable bonds is 2. The highest BCUT2D eigenvalue weighted by Gasteiger charge is 2.09. The van der Waals surface area contributed by atoms with Gasteiger partial charge in [0.25, 0.3) is 0 Å². The number of aryl methyl sites for hydroxylation is 1. The van der Waals surface area contributed by atoms with E-state index in [2.05, 4.69) is 11.1 Å². The molecule has 0 amide bonds. The average molecular weight is 293 g/mol. The third-order valence-electron chi connectivity index (χ3n) is 2.35. The topological polar surface area (TPSA) is 77.1 Å². The van der Waals surface area contributed by atoms with Gasteiger partial charge in [0.2, 0.25) is 0 Å². The van der Waals surface area contributed by atoms with Crippen LogP contribution in [-0.2, 0) is 0 Å². The molecule has 2 N–H and O–H groups in total. The summed E-state index contributed by atoms with van der Waals surface area (Å²) >= 11 is 7.13. The zero-order valence-corrected chi connectivity index (χ0v) is 11.5. The van der Waals surface area contributed by atoms with Crippen LogP contribution in [0.4, 0.5) is 0 Å². The highest BCUT2D eigenvalue weighted by Crippen LogP contribution is 2.35. The Hall–Kier alpha value is -2.03. The van der Waals surface area contributed by atoms with E-state index in [1.807, 2.05) is 12.3 Å². The smallest absolute Gasteiger partial charge is 0.176 e. The van der Waals surface area contributed by atoms with Crippen molar-refractivity contribution in [1.29, 1.82) is 5.26 Å². The van der Waals surface area contributed by atoms with Gasteiger partial charge in [-0.05, 0) is 30.7 Å². The lowest BCUT2D eigenvalue weighted by Crippen LogP contribution is -1.82. The molecule has 0 aliphatic heterocycles. The second-order valence-corrected chi connectivity index (χ2v) is 5.10. The van der Waals surface area contributed by atoms with Crippen LogP contribution < -0.4 is 0 Å². The SMILES string of the molecule is Cc1csc(/C(C#N)=C/c2cc(O)c(O)c(Cl)c2)n1. The number of benzene rings is 1. The molecule has 0 unspecified atom stereocenters. The van der Waals surface area contributed by atoms with Gasteiger partial charge in [-0.25, -0.2) is 4.98 Å². The number of nitrogens with zero attached hydrogens (tertiary/aromatic N) is 2. The average Bonchev–Trinajstić information content (AvgIpc) is 2.79. The Morgan fingerprint density at radius 1 is 1.47 bits per heavy atom. The fraction of sp³-hybridized carbons (Fsp3) is 0.0769. The Kier molecular flexibility index (Phi) is 3.74. The minimum absolute atomic E-state index is 0.0267. The molecule has 0 fully saturated rings. The van der Waals surface area contributed by atoms with Gasteiger partial charge in [-0.15, -0.1) is 11.3 Å². The Morgan fingerprint density at radius 2 is 2.21 bits per heavy atom. The summed E-state index contributed by atoms with van der Waals surface area (Å²) in [5.74, 6) is -0.700. The summed E-state index contributed by atoms with van der Waals surface area (Å²) in [5.41, 5.74) is 1.73. The van der Waals surface area contributed by atoms with Crippen molar-refractivity contribution in [1.82, 2.24) is 4.98 Å². The summed E-state index contributed by atoms with van der Waals surface area (Å²) in [6, 6.07) is 4.85. The van der Waals surface area contributed by atoms with Crippen molar-refractivity contribution in [3.05, 3.63) is 38.8 Å². The number of thiazole rings is 1. The summed E-state index contributed by atoms with van der Waals surface area (Å²) in [6.45, 7) is 1.85. The molecular formula is C13H9ClN2O2S. The fourth-order valence-electron chi connectivity index (χ4n) is 1.47. The lowest BCUT2D eigenvalue weighted by molar-refractivity contribution is 0.404. The third-order valence-corrected chi connectivity index (χ3v) is 3.63. The Balaban J connectivity index is 2.47. The van der Waals surface area contributed by atoms with Crippen LogP contribution in [0.3, 0.4) is 0 Å². The van der Waals surface area contributed by atoms with Crippen molar-refractivity contribution < 1.29 is 10.2 Å². The van der Waals surface area contributed by atoms with Crippen molar-refractivity contribution in [3.8, 4) is 17.6 Å². The molecule has 1 heterocycles. The van der Waals surface area contributed by atoms with Crippen molar-refractivity contribution in [2.24, 2.45) is 0 Å². The number of halogens is 1. The van der Waals surface area contributed by atoms with E-state index in [4.69, 9.17) is 16.9 Å². The number of hydrogen-bond acceptors (Lipinski definition) is 5. The minimum Gasteiger partial charge on any atom is -0.504 e. The first-order valence-corrected chi connectivity index (χ1v) is 6.53. The summed E-state index contributed by atoms with van der Waals surface area (Å²) < 4.78 is 0. The zero-order chi connectivity index (χ0) is 14.0. The summed E-state index contributed by atoms with van der Waals surface area (Å²) in [5, 5.41) is 30.5. The number of nitriles is 1. The maximum absolute atomic E-state index is 9.48. The van der Waals surface area contributed by atoms with Crippen molar-refractivity contribution in [2.75, 3.05) is 0 Å². The molecule has 0 atom stereocenters.